The number of rotatable bonds is 1. The summed E-state index contributed by atoms with van der Waals surface area (Å²) in [4.78, 5) is 4.27. The molecule has 1 heterocycles. The van der Waals surface area contributed by atoms with Crippen molar-refractivity contribution in [1.82, 2.24) is 4.98 Å². The Labute approximate surface area is 132 Å². The Morgan fingerprint density at radius 2 is 1.32 bits per heavy atom. The number of aromatic nitrogens is 1. The van der Waals surface area contributed by atoms with E-state index in [9.17, 15) is 0 Å². The molecule has 0 aliphatic heterocycles. The van der Waals surface area contributed by atoms with Gasteiger partial charge in [0.05, 0.1) is 20.8 Å². The first-order valence-electron chi connectivity index (χ1n) is 5.61. The van der Waals surface area contributed by atoms with E-state index in [2.05, 4.69) is 17.1 Å². The summed E-state index contributed by atoms with van der Waals surface area (Å²) >= 11 is 24.3. The van der Waals surface area contributed by atoms with Gasteiger partial charge in [-0.1, -0.05) is 64.1 Å². The number of aryl methyl sites for hydroxylation is 3. The van der Waals surface area contributed by atoms with E-state index in [1.165, 1.54) is 5.56 Å². The summed E-state index contributed by atoms with van der Waals surface area (Å²) in [5, 5.41) is 0.897. The summed E-state index contributed by atoms with van der Waals surface area (Å²) in [5.74, 6) is 0. The largest absolute Gasteiger partial charge is 0.233 e. The van der Waals surface area contributed by atoms with Gasteiger partial charge in [-0.15, -0.1) is 0 Å². The fourth-order valence-corrected chi connectivity index (χ4v) is 3.03. The van der Waals surface area contributed by atoms with Crippen molar-refractivity contribution in [2.24, 2.45) is 0 Å². The van der Waals surface area contributed by atoms with Gasteiger partial charge in [0.15, 0.2) is 0 Å². The first kappa shape index (κ1) is 14.9. The van der Waals surface area contributed by atoms with Gasteiger partial charge in [-0.3, -0.25) is 0 Å². The summed E-state index contributed by atoms with van der Waals surface area (Å²) in [6.45, 7) is 6.05. The maximum absolute atomic E-state index is 6.25. The molecular weight excluding hydrogens is 324 g/mol. The Morgan fingerprint density at radius 3 is 1.84 bits per heavy atom. The molecule has 0 amide bonds. The minimum atomic E-state index is 0.158. The zero-order valence-electron chi connectivity index (χ0n) is 10.6. The van der Waals surface area contributed by atoms with Gasteiger partial charge in [0.2, 0.25) is 0 Å². The fraction of sp³-hybridized carbons (Fsp3) is 0.214. The summed E-state index contributed by atoms with van der Waals surface area (Å²) in [5.41, 5.74) is 4.83. The Hall–Kier alpha value is -0.470. The molecule has 2 aromatic rings. The zero-order chi connectivity index (χ0) is 14.3. The minimum absolute atomic E-state index is 0.158. The van der Waals surface area contributed by atoms with Crippen LogP contribution in [-0.2, 0) is 0 Å². The standard InChI is InChI=1S/C14H11Cl4N/c1-6-4-7(2)9(8(3)5-6)13-11(16)10(15)12(17)14(18)19-13/h4-5H,1-3H3. The van der Waals surface area contributed by atoms with E-state index in [4.69, 9.17) is 46.4 Å². The van der Waals surface area contributed by atoms with Crippen molar-refractivity contribution in [2.75, 3.05) is 0 Å². The molecule has 1 nitrogen and oxygen atoms in total. The van der Waals surface area contributed by atoms with Gasteiger partial charge in [0, 0.05) is 5.56 Å². The molecule has 19 heavy (non-hydrogen) atoms. The molecule has 0 saturated heterocycles. The van der Waals surface area contributed by atoms with Gasteiger partial charge in [0.1, 0.15) is 5.15 Å². The Morgan fingerprint density at radius 1 is 0.789 bits per heavy atom. The molecule has 0 aliphatic carbocycles. The lowest BCUT2D eigenvalue weighted by Crippen LogP contribution is -1.95. The number of hydrogen-bond donors (Lipinski definition) is 0. The minimum Gasteiger partial charge on any atom is -0.233 e. The van der Waals surface area contributed by atoms with Crippen LogP contribution in [0.4, 0.5) is 0 Å². The van der Waals surface area contributed by atoms with Gasteiger partial charge in [-0.05, 0) is 31.9 Å². The lowest BCUT2D eigenvalue weighted by molar-refractivity contribution is 1.26. The van der Waals surface area contributed by atoms with Crippen LogP contribution in [0.25, 0.3) is 11.3 Å². The molecule has 2 rings (SSSR count). The van der Waals surface area contributed by atoms with E-state index < -0.39 is 0 Å². The van der Waals surface area contributed by atoms with Crippen LogP contribution in [0.15, 0.2) is 12.1 Å². The van der Waals surface area contributed by atoms with Crippen LogP contribution < -0.4 is 0 Å². The Bertz CT molecular complexity index is 642. The van der Waals surface area contributed by atoms with Crippen LogP contribution in [0, 0.1) is 20.8 Å². The summed E-state index contributed by atoms with van der Waals surface area (Å²) in [6.07, 6.45) is 0. The van der Waals surface area contributed by atoms with E-state index in [1.54, 1.807) is 0 Å². The third kappa shape index (κ3) is 2.71. The van der Waals surface area contributed by atoms with E-state index in [-0.39, 0.29) is 15.2 Å². The molecule has 0 unspecified atom stereocenters. The molecule has 0 aliphatic rings. The van der Waals surface area contributed by atoms with Gasteiger partial charge >= 0.3 is 0 Å². The van der Waals surface area contributed by atoms with Gasteiger partial charge in [-0.2, -0.15) is 0 Å². The molecule has 0 bridgehead atoms. The first-order chi connectivity index (χ1) is 8.82. The van der Waals surface area contributed by atoms with Crippen LogP contribution in [-0.4, -0.2) is 4.98 Å². The van der Waals surface area contributed by atoms with E-state index in [0.717, 1.165) is 16.7 Å². The highest BCUT2D eigenvalue weighted by molar-refractivity contribution is 6.52. The first-order valence-corrected chi connectivity index (χ1v) is 7.12. The third-order valence-electron chi connectivity index (χ3n) is 2.90. The van der Waals surface area contributed by atoms with Crippen molar-refractivity contribution in [2.45, 2.75) is 20.8 Å². The lowest BCUT2D eigenvalue weighted by Gasteiger charge is -2.14. The monoisotopic (exact) mass is 333 g/mol. The average Bonchev–Trinajstić information content (AvgIpc) is 2.31. The van der Waals surface area contributed by atoms with Crippen molar-refractivity contribution >= 4 is 46.4 Å². The fourth-order valence-electron chi connectivity index (χ4n) is 2.21. The molecule has 5 heteroatoms. The van der Waals surface area contributed by atoms with Crippen LogP contribution in [0.1, 0.15) is 16.7 Å². The van der Waals surface area contributed by atoms with Crippen molar-refractivity contribution in [3.63, 3.8) is 0 Å². The second kappa shape index (κ2) is 5.49. The number of benzene rings is 1. The second-order valence-electron chi connectivity index (χ2n) is 4.47. The highest BCUT2D eigenvalue weighted by Gasteiger charge is 2.19. The average molecular weight is 335 g/mol. The molecule has 0 radical (unpaired) electrons. The number of nitrogens with zero attached hydrogens (tertiary/aromatic N) is 1. The number of hydrogen-bond acceptors (Lipinski definition) is 1. The maximum atomic E-state index is 6.25. The highest BCUT2D eigenvalue weighted by Crippen LogP contribution is 2.41. The smallest absolute Gasteiger partial charge is 0.149 e. The van der Waals surface area contributed by atoms with Crippen molar-refractivity contribution in [3.8, 4) is 11.3 Å². The molecule has 1 aromatic carbocycles. The predicted molar refractivity (Wildman–Crippen MR) is 83.9 cm³/mol. The highest BCUT2D eigenvalue weighted by atomic mass is 35.5. The second-order valence-corrected chi connectivity index (χ2v) is 5.96. The van der Waals surface area contributed by atoms with Crippen LogP contribution >= 0.6 is 46.4 Å². The van der Waals surface area contributed by atoms with Crippen molar-refractivity contribution in [3.05, 3.63) is 49.0 Å². The topological polar surface area (TPSA) is 12.9 Å². The van der Waals surface area contributed by atoms with Crippen LogP contribution in [0.5, 0.6) is 0 Å². The number of halogens is 4. The Kier molecular flexibility index (Phi) is 4.32. The SMILES string of the molecule is Cc1cc(C)c(-c2nc(Cl)c(Cl)c(Cl)c2Cl)c(C)c1. The molecule has 0 spiro atoms. The Balaban J connectivity index is 2.80. The number of pyridine rings is 1. The molecule has 0 N–H and O–H groups in total. The molecule has 0 saturated carbocycles. The van der Waals surface area contributed by atoms with Crippen LogP contribution in [0.3, 0.4) is 0 Å². The van der Waals surface area contributed by atoms with Gasteiger partial charge in [0.25, 0.3) is 0 Å². The molecule has 100 valence electrons. The van der Waals surface area contributed by atoms with E-state index in [0.29, 0.717) is 10.7 Å². The quantitative estimate of drug-likeness (QED) is 0.558. The van der Waals surface area contributed by atoms with E-state index >= 15 is 0 Å². The van der Waals surface area contributed by atoms with Crippen LogP contribution in [0.2, 0.25) is 20.2 Å². The van der Waals surface area contributed by atoms with E-state index in [1.807, 2.05) is 20.8 Å². The lowest BCUT2D eigenvalue weighted by atomic mass is 9.97. The summed E-state index contributed by atoms with van der Waals surface area (Å²) in [7, 11) is 0. The molecule has 0 fully saturated rings. The van der Waals surface area contributed by atoms with Crippen molar-refractivity contribution in [1.29, 1.82) is 0 Å². The zero-order valence-corrected chi connectivity index (χ0v) is 13.6. The molecule has 1 aromatic heterocycles. The van der Waals surface area contributed by atoms with Gasteiger partial charge in [-0.25, -0.2) is 4.98 Å². The van der Waals surface area contributed by atoms with Gasteiger partial charge < -0.3 is 0 Å². The maximum Gasteiger partial charge on any atom is 0.149 e. The summed E-state index contributed by atoms with van der Waals surface area (Å²) < 4.78 is 0. The van der Waals surface area contributed by atoms with Crippen molar-refractivity contribution < 1.29 is 0 Å². The molecule has 0 atom stereocenters. The summed E-state index contributed by atoms with van der Waals surface area (Å²) in [6, 6.07) is 4.13. The predicted octanol–water partition coefficient (Wildman–Crippen LogP) is 6.29. The third-order valence-corrected chi connectivity index (χ3v) is 4.58. The normalized spacial score (nSPS) is 10.9. The molecular formula is C14H11Cl4N.